The number of aromatic amines is 1. The lowest BCUT2D eigenvalue weighted by Gasteiger charge is -2.35. The summed E-state index contributed by atoms with van der Waals surface area (Å²) in [5, 5.41) is 12.0. The number of benzene rings is 1. The highest BCUT2D eigenvalue weighted by Crippen LogP contribution is 2.32. The number of aryl methyl sites for hydroxylation is 1. The number of para-hydroxylation sites is 1. The van der Waals surface area contributed by atoms with E-state index in [1.807, 2.05) is 48.4 Å². The molecule has 1 atom stereocenters. The van der Waals surface area contributed by atoms with Gasteiger partial charge < -0.3 is 20.4 Å². The number of rotatable bonds is 5. The van der Waals surface area contributed by atoms with E-state index in [0.717, 1.165) is 68.0 Å². The van der Waals surface area contributed by atoms with Gasteiger partial charge in [0.1, 0.15) is 16.4 Å². The van der Waals surface area contributed by atoms with Crippen molar-refractivity contribution in [3.05, 3.63) is 47.0 Å². The highest BCUT2D eigenvalue weighted by molar-refractivity contribution is 7.21. The molecule has 10 nitrogen and oxygen atoms in total. The summed E-state index contributed by atoms with van der Waals surface area (Å²) in [7, 11) is 1.93. The third-order valence-corrected chi connectivity index (χ3v) is 7.74. The molecule has 0 aliphatic carbocycles. The Morgan fingerprint density at radius 1 is 1.11 bits per heavy atom. The average Bonchev–Trinajstić information content (AvgIpc) is 3.50. The Morgan fingerprint density at radius 3 is 2.69 bits per heavy atom. The summed E-state index contributed by atoms with van der Waals surface area (Å²) < 4.78 is 2.88. The largest absolute Gasteiger partial charge is 0.365 e. The number of aromatic nitrogens is 5. The molecule has 0 saturated carbocycles. The fourth-order valence-electron chi connectivity index (χ4n) is 4.81. The second kappa shape index (κ2) is 9.31. The van der Waals surface area contributed by atoms with Crippen molar-refractivity contribution in [3.8, 4) is 10.6 Å². The molecule has 35 heavy (non-hydrogen) atoms. The number of H-pyrrole nitrogens is 1. The zero-order chi connectivity index (χ0) is 23.8. The molecular weight excluding hydrogens is 462 g/mol. The molecule has 1 aromatic carbocycles. The van der Waals surface area contributed by atoms with Gasteiger partial charge in [-0.05, 0) is 31.5 Å². The van der Waals surface area contributed by atoms with Crippen LogP contribution in [0.5, 0.6) is 0 Å². The predicted octanol–water partition coefficient (Wildman–Crippen LogP) is 2.27. The van der Waals surface area contributed by atoms with Gasteiger partial charge in [0, 0.05) is 52.0 Å². The maximum absolute atomic E-state index is 13.5. The first-order valence-corrected chi connectivity index (χ1v) is 12.9. The molecule has 2 saturated heterocycles. The van der Waals surface area contributed by atoms with Crippen molar-refractivity contribution in [3.63, 3.8) is 0 Å². The van der Waals surface area contributed by atoms with Crippen LogP contribution in [0.1, 0.15) is 12.8 Å². The zero-order valence-electron chi connectivity index (χ0n) is 19.7. The Hall–Kier alpha value is -3.44. The van der Waals surface area contributed by atoms with E-state index in [4.69, 9.17) is 9.97 Å². The molecule has 2 fully saturated rings. The molecular formula is C24H29N9OS. The summed E-state index contributed by atoms with van der Waals surface area (Å²) in [6, 6.07) is 8.20. The van der Waals surface area contributed by atoms with Crippen LogP contribution in [0.15, 0.2) is 41.5 Å². The molecule has 0 amide bonds. The molecule has 3 aromatic heterocycles. The third kappa shape index (κ3) is 4.48. The summed E-state index contributed by atoms with van der Waals surface area (Å²) in [5.74, 6) is 1.23. The SMILES string of the molecule is Cn1cc(N2CCN(c3nc(N[C@@H]4CCCNC4)c(-c4nc5ccccc5s4)c(=O)[nH]3)CC2)cn1. The molecule has 0 unspecified atom stereocenters. The predicted molar refractivity (Wildman–Crippen MR) is 141 cm³/mol. The Labute approximate surface area is 207 Å². The summed E-state index contributed by atoms with van der Waals surface area (Å²) in [6.45, 7) is 5.09. The second-order valence-corrected chi connectivity index (χ2v) is 10.2. The van der Waals surface area contributed by atoms with Crippen LogP contribution >= 0.6 is 11.3 Å². The van der Waals surface area contributed by atoms with E-state index in [1.54, 1.807) is 0 Å². The van der Waals surface area contributed by atoms with Crippen molar-refractivity contribution < 1.29 is 0 Å². The van der Waals surface area contributed by atoms with Gasteiger partial charge in [0.15, 0.2) is 0 Å². The van der Waals surface area contributed by atoms with Gasteiger partial charge in [0.2, 0.25) is 5.95 Å². The van der Waals surface area contributed by atoms with Gasteiger partial charge in [-0.3, -0.25) is 14.5 Å². The zero-order valence-corrected chi connectivity index (χ0v) is 20.5. The van der Waals surface area contributed by atoms with Crippen LogP contribution in [0.25, 0.3) is 20.8 Å². The van der Waals surface area contributed by atoms with Crippen LogP contribution in [-0.4, -0.2) is 70.0 Å². The van der Waals surface area contributed by atoms with Crippen LogP contribution in [-0.2, 0) is 7.05 Å². The topological polar surface area (TPSA) is 107 Å². The first-order chi connectivity index (χ1) is 17.1. The third-order valence-electron chi connectivity index (χ3n) is 6.69. The van der Waals surface area contributed by atoms with Gasteiger partial charge in [-0.1, -0.05) is 12.1 Å². The van der Waals surface area contributed by atoms with E-state index in [2.05, 4.69) is 30.5 Å². The molecule has 0 bridgehead atoms. The number of anilines is 3. The maximum Gasteiger partial charge on any atom is 0.264 e. The summed E-state index contributed by atoms with van der Waals surface area (Å²) >= 11 is 1.53. The molecule has 0 radical (unpaired) electrons. The van der Waals surface area contributed by atoms with E-state index in [-0.39, 0.29) is 11.6 Å². The van der Waals surface area contributed by atoms with Crippen LogP contribution in [0.2, 0.25) is 0 Å². The lowest BCUT2D eigenvalue weighted by Crippen LogP contribution is -2.47. The minimum absolute atomic E-state index is 0.157. The van der Waals surface area contributed by atoms with Crippen molar-refractivity contribution in [2.45, 2.75) is 18.9 Å². The molecule has 11 heteroatoms. The second-order valence-electron chi connectivity index (χ2n) is 9.13. The number of piperazine rings is 1. The minimum Gasteiger partial charge on any atom is -0.365 e. The van der Waals surface area contributed by atoms with E-state index in [1.165, 1.54) is 11.3 Å². The maximum atomic E-state index is 13.5. The summed E-state index contributed by atoms with van der Waals surface area (Å²) in [4.78, 5) is 30.7. The van der Waals surface area contributed by atoms with Gasteiger partial charge in [0.25, 0.3) is 5.56 Å². The normalized spacial score (nSPS) is 18.8. The first-order valence-electron chi connectivity index (χ1n) is 12.1. The molecule has 2 aliphatic rings. The van der Waals surface area contributed by atoms with Crippen LogP contribution in [0.4, 0.5) is 17.5 Å². The van der Waals surface area contributed by atoms with E-state index in [0.29, 0.717) is 22.3 Å². The van der Waals surface area contributed by atoms with Crippen molar-refractivity contribution >= 4 is 39.0 Å². The molecule has 182 valence electrons. The molecule has 4 aromatic rings. The molecule has 3 N–H and O–H groups in total. The Kier molecular flexibility index (Phi) is 5.86. The smallest absolute Gasteiger partial charge is 0.264 e. The Balaban J connectivity index is 1.32. The Morgan fingerprint density at radius 2 is 1.94 bits per heavy atom. The standard InChI is InChI=1S/C24H29N9OS/c1-31-15-17(14-26-31)32-9-11-33(12-10-32)24-29-21(27-16-5-4-8-25-13-16)20(22(34)30-24)23-28-18-6-2-3-7-19(18)35-23/h2-3,6-7,14-16,25H,4-5,8-13H2,1H3,(H2,27,29,30,34)/t16-/m1/s1. The Bertz CT molecular complexity index is 1350. The molecule has 5 heterocycles. The summed E-state index contributed by atoms with van der Waals surface area (Å²) in [5.41, 5.74) is 2.38. The number of nitrogens with zero attached hydrogens (tertiary/aromatic N) is 6. The fraction of sp³-hybridized carbons (Fsp3) is 0.417. The van der Waals surface area contributed by atoms with Gasteiger partial charge in [-0.15, -0.1) is 11.3 Å². The lowest BCUT2D eigenvalue weighted by molar-refractivity contribution is 0.479. The van der Waals surface area contributed by atoms with Crippen molar-refractivity contribution in [1.82, 2.24) is 30.0 Å². The van der Waals surface area contributed by atoms with E-state index in [9.17, 15) is 4.79 Å². The number of nitrogens with one attached hydrogen (secondary N) is 3. The van der Waals surface area contributed by atoms with Crippen LogP contribution in [0, 0.1) is 0 Å². The van der Waals surface area contributed by atoms with Crippen LogP contribution < -0.4 is 26.0 Å². The number of hydrogen-bond donors (Lipinski definition) is 3. The van der Waals surface area contributed by atoms with Gasteiger partial charge in [-0.25, -0.2) is 4.98 Å². The molecule has 0 spiro atoms. The fourth-order valence-corrected chi connectivity index (χ4v) is 5.82. The highest BCUT2D eigenvalue weighted by Gasteiger charge is 2.25. The van der Waals surface area contributed by atoms with Gasteiger partial charge >= 0.3 is 0 Å². The van der Waals surface area contributed by atoms with Crippen molar-refractivity contribution in [2.75, 3.05) is 54.4 Å². The number of hydrogen-bond acceptors (Lipinski definition) is 9. The summed E-state index contributed by atoms with van der Waals surface area (Å²) in [6.07, 6.45) is 6.06. The number of thiazole rings is 1. The number of piperidine rings is 1. The lowest BCUT2D eigenvalue weighted by atomic mass is 10.1. The van der Waals surface area contributed by atoms with Gasteiger partial charge in [-0.2, -0.15) is 10.1 Å². The van der Waals surface area contributed by atoms with E-state index >= 15 is 0 Å². The number of fused-ring (bicyclic) bond motifs is 1. The van der Waals surface area contributed by atoms with Crippen molar-refractivity contribution in [1.29, 1.82) is 0 Å². The molecule has 6 rings (SSSR count). The quantitative estimate of drug-likeness (QED) is 0.390. The van der Waals surface area contributed by atoms with Crippen LogP contribution in [0.3, 0.4) is 0 Å². The minimum atomic E-state index is -0.157. The highest BCUT2D eigenvalue weighted by atomic mass is 32.1. The first kappa shape index (κ1) is 22.1. The van der Waals surface area contributed by atoms with E-state index < -0.39 is 0 Å². The monoisotopic (exact) mass is 491 g/mol. The molecule has 2 aliphatic heterocycles. The van der Waals surface area contributed by atoms with Crippen molar-refractivity contribution in [2.24, 2.45) is 7.05 Å². The van der Waals surface area contributed by atoms with Gasteiger partial charge in [0.05, 0.1) is 22.1 Å². The average molecular weight is 492 g/mol.